The number of aryl methyl sites for hydroxylation is 1. The van der Waals surface area contributed by atoms with E-state index in [2.05, 4.69) is 25.8 Å². The third-order valence-electron chi connectivity index (χ3n) is 7.12. The number of rotatable bonds is 7. The molecule has 43 heavy (non-hydrogen) atoms. The van der Waals surface area contributed by atoms with Gasteiger partial charge in [0.15, 0.2) is 0 Å². The summed E-state index contributed by atoms with van der Waals surface area (Å²) in [5.74, 6) is -1.17. The Morgan fingerprint density at radius 2 is 1.84 bits per heavy atom. The van der Waals surface area contributed by atoms with Gasteiger partial charge in [0.2, 0.25) is 17.6 Å². The molecule has 0 radical (unpaired) electrons. The van der Waals surface area contributed by atoms with E-state index < -0.39 is 34.9 Å². The summed E-state index contributed by atoms with van der Waals surface area (Å²) in [6.45, 7) is 1.76. The lowest BCUT2D eigenvalue weighted by atomic mass is 10.1. The number of hydrogen-bond acceptors (Lipinski definition) is 6. The van der Waals surface area contributed by atoms with Crippen molar-refractivity contribution in [1.82, 2.24) is 30.3 Å². The summed E-state index contributed by atoms with van der Waals surface area (Å²) in [5.41, 5.74) is -0.128. The second-order valence-corrected chi connectivity index (χ2v) is 10.5. The van der Waals surface area contributed by atoms with Crippen molar-refractivity contribution in [2.75, 3.05) is 0 Å². The van der Waals surface area contributed by atoms with Crippen LogP contribution in [0.4, 0.5) is 17.6 Å². The zero-order valence-electron chi connectivity index (χ0n) is 22.3. The van der Waals surface area contributed by atoms with Gasteiger partial charge < -0.3 is 19.7 Å². The van der Waals surface area contributed by atoms with Crippen molar-refractivity contribution >= 4 is 34.3 Å². The molecule has 9 nitrogen and oxygen atoms in total. The van der Waals surface area contributed by atoms with Gasteiger partial charge in [-0.2, -0.15) is 18.2 Å². The molecule has 1 saturated carbocycles. The van der Waals surface area contributed by atoms with E-state index in [1.165, 1.54) is 12.1 Å². The lowest BCUT2D eigenvalue weighted by molar-refractivity contribution is -0.137. The van der Waals surface area contributed by atoms with Crippen LogP contribution in [0.3, 0.4) is 0 Å². The average molecular weight is 613 g/mol. The molecule has 0 aliphatic heterocycles. The molecule has 0 bridgehead atoms. The van der Waals surface area contributed by atoms with E-state index in [1.54, 1.807) is 41.8 Å². The topological polar surface area (TPSA) is 115 Å². The molecule has 3 heterocycles. The fraction of sp³-hybridized carbons (Fsp3) is 0.207. The summed E-state index contributed by atoms with van der Waals surface area (Å²) in [7, 11) is 0. The molecule has 2 aromatic carbocycles. The maximum atomic E-state index is 14.1. The van der Waals surface area contributed by atoms with E-state index in [1.807, 2.05) is 0 Å². The number of alkyl halides is 3. The molecular weight excluding hydrogens is 592 g/mol. The first-order valence-corrected chi connectivity index (χ1v) is 13.4. The maximum absolute atomic E-state index is 14.1. The minimum Gasteiger partial charge on any atom is -0.350 e. The molecule has 0 atom stereocenters. The SMILES string of the molecule is Cc1nc(-c2c(Cl)c3cc(F)ccc3n2-c2ccc(CNC(=O)C3(NC(=O)c4cncc(C(F)(F)F)c4)CC3)cc2)no1. The Kier molecular flexibility index (Phi) is 6.92. The van der Waals surface area contributed by atoms with Gasteiger partial charge in [0.25, 0.3) is 5.91 Å². The number of nitrogens with zero attached hydrogens (tertiary/aromatic N) is 4. The predicted octanol–water partition coefficient (Wildman–Crippen LogP) is 5.77. The van der Waals surface area contributed by atoms with Gasteiger partial charge in [0.1, 0.15) is 17.1 Å². The number of fused-ring (bicyclic) bond motifs is 1. The lowest BCUT2D eigenvalue weighted by Crippen LogP contribution is -2.48. The summed E-state index contributed by atoms with van der Waals surface area (Å²) in [5, 5.41) is 10.0. The quantitative estimate of drug-likeness (QED) is 0.225. The van der Waals surface area contributed by atoms with Crippen molar-refractivity contribution in [3.05, 3.63) is 94.3 Å². The molecule has 1 aliphatic carbocycles. The van der Waals surface area contributed by atoms with Crippen LogP contribution in [0.15, 0.2) is 65.4 Å². The Bertz CT molecular complexity index is 1880. The van der Waals surface area contributed by atoms with E-state index in [9.17, 15) is 27.2 Å². The molecule has 2 N–H and O–H groups in total. The first-order chi connectivity index (χ1) is 20.4. The number of carbonyl (C=O) groups is 2. The molecule has 0 spiro atoms. The summed E-state index contributed by atoms with van der Waals surface area (Å²) in [6, 6.07) is 12.1. The molecule has 2 amide bonds. The van der Waals surface area contributed by atoms with Crippen LogP contribution in [0.25, 0.3) is 28.1 Å². The van der Waals surface area contributed by atoms with Crippen LogP contribution < -0.4 is 10.6 Å². The van der Waals surface area contributed by atoms with Crippen LogP contribution in [0.1, 0.15) is 40.2 Å². The Hall–Kier alpha value is -4.78. The fourth-order valence-electron chi connectivity index (χ4n) is 4.74. The highest BCUT2D eigenvalue weighted by Crippen LogP contribution is 2.39. The van der Waals surface area contributed by atoms with Crippen LogP contribution in [0.2, 0.25) is 5.02 Å². The highest BCUT2D eigenvalue weighted by atomic mass is 35.5. The highest BCUT2D eigenvalue weighted by Gasteiger charge is 2.51. The van der Waals surface area contributed by atoms with E-state index in [4.69, 9.17) is 16.1 Å². The summed E-state index contributed by atoms with van der Waals surface area (Å²) in [4.78, 5) is 33.4. The number of nitrogens with one attached hydrogen (secondary N) is 2. The number of benzene rings is 2. The van der Waals surface area contributed by atoms with Gasteiger partial charge in [0, 0.05) is 36.9 Å². The number of carbonyl (C=O) groups excluding carboxylic acids is 2. The molecule has 0 saturated heterocycles. The Morgan fingerprint density at radius 3 is 2.49 bits per heavy atom. The number of halogens is 5. The third-order valence-corrected chi connectivity index (χ3v) is 7.50. The smallest absolute Gasteiger partial charge is 0.350 e. The second-order valence-electron chi connectivity index (χ2n) is 10.1. The molecule has 1 aliphatic rings. The first-order valence-electron chi connectivity index (χ1n) is 13.0. The van der Waals surface area contributed by atoms with Crippen LogP contribution in [-0.2, 0) is 17.5 Å². The summed E-state index contributed by atoms with van der Waals surface area (Å²) >= 11 is 6.66. The highest BCUT2D eigenvalue weighted by molar-refractivity contribution is 6.38. The van der Waals surface area contributed by atoms with Crippen molar-refractivity contribution in [2.45, 2.75) is 38.0 Å². The molecule has 14 heteroatoms. The van der Waals surface area contributed by atoms with Crippen LogP contribution in [0.5, 0.6) is 0 Å². The van der Waals surface area contributed by atoms with E-state index in [-0.39, 0.29) is 23.0 Å². The molecule has 3 aromatic heterocycles. The molecule has 6 rings (SSSR count). The Labute approximate surface area is 245 Å². The minimum atomic E-state index is -4.65. The summed E-state index contributed by atoms with van der Waals surface area (Å²) in [6.07, 6.45) is -2.32. The number of amides is 2. The van der Waals surface area contributed by atoms with Crippen LogP contribution >= 0.6 is 11.6 Å². The predicted molar refractivity (Wildman–Crippen MR) is 147 cm³/mol. The van der Waals surface area contributed by atoms with Gasteiger partial charge in [-0.25, -0.2) is 4.39 Å². The molecule has 220 valence electrons. The lowest BCUT2D eigenvalue weighted by Gasteiger charge is -2.18. The number of hydrogen-bond donors (Lipinski definition) is 2. The Morgan fingerprint density at radius 1 is 1.09 bits per heavy atom. The van der Waals surface area contributed by atoms with Gasteiger partial charge in [-0.05, 0) is 54.8 Å². The number of pyridine rings is 1. The van der Waals surface area contributed by atoms with Crippen molar-refractivity contribution in [3.8, 4) is 17.2 Å². The molecular formula is C29H21ClF4N6O3. The largest absolute Gasteiger partial charge is 0.417 e. The van der Waals surface area contributed by atoms with Crippen LogP contribution in [0, 0.1) is 12.7 Å². The first kappa shape index (κ1) is 28.3. The standard InChI is InChI=1S/C29H21ClF4N6O3/c1-15-37-25(39-43-15)24-23(30)21-11-19(31)4-7-22(21)40(24)20-5-2-16(3-6-20)12-36-27(42)28(8-9-28)38-26(41)17-10-18(14-35-13-17)29(32,33)34/h2-7,10-11,13-14H,8-9,12H2,1H3,(H,36,42)(H,38,41). The normalized spacial score (nSPS) is 14.1. The third kappa shape index (κ3) is 5.43. The van der Waals surface area contributed by atoms with Crippen LogP contribution in [-0.4, -0.2) is 37.0 Å². The monoisotopic (exact) mass is 612 g/mol. The van der Waals surface area contributed by atoms with E-state index >= 15 is 0 Å². The fourth-order valence-corrected chi connectivity index (χ4v) is 5.06. The zero-order chi connectivity index (χ0) is 30.5. The minimum absolute atomic E-state index is 0.122. The van der Waals surface area contributed by atoms with Crippen molar-refractivity contribution in [3.63, 3.8) is 0 Å². The second kappa shape index (κ2) is 10.5. The van der Waals surface area contributed by atoms with Gasteiger partial charge >= 0.3 is 6.18 Å². The zero-order valence-corrected chi connectivity index (χ0v) is 23.1. The number of aromatic nitrogens is 4. The molecule has 5 aromatic rings. The van der Waals surface area contributed by atoms with Crippen molar-refractivity contribution < 1.29 is 31.7 Å². The average Bonchev–Trinajstić information content (AvgIpc) is 3.55. The van der Waals surface area contributed by atoms with Crippen molar-refractivity contribution in [2.24, 2.45) is 0 Å². The van der Waals surface area contributed by atoms with Crippen molar-refractivity contribution in [1.29, 1.82) is 0 Å². The molecule has 0 unspecified atom stereocenters. The van der Waals surface area contributed by atoms with Gasteiger partial charge in [-0.1, -0.05) is 28.9 Å². The van der Waals surface area contributed by atoms with Gasteiger partial charge in [-0.3, -0.25) is 14.6 Å². The molecule has 1 fully saturated rings. The van der Waals surface area contributed by atoms with E-state index in [0.717, 1.165) is 11.8 Å². The maximum Gasteiger partial charge on any atom is 0.417 e. The van der Waals surface area contributed by atoms with E-state index in [0.29, 0.717) is 53.3 Å². The van der Waals surface area contributed by atoms with Gasteiger partial charge in [-0.15, -0.1) is 0 Å². The van der Waals surface area contributed by atoms with Gasteiger partial charge in [0.05, 0.1) is 21.7 Å². The summed E-state index contributed by atoms with van der Waals surface area (Å²) < 4.78 is 60.0. The Balaban J connectivity index is 1.18.